The van der Waals surface area contributed by atoms with Gasteiger partial charge in [-0.05, 0) is 49.0 Å². The van der Waals surface area contributed by atoms with Crippen LogP contribution in [0, 0.1) is 12.7 Å². The molecule has 0 fully saturated rings. The van der Waals surface area contributed by atoms with Crippen LogP contribution in [0.2, 0.25) is 0 Å². The van der Waals surface area contributed by atoms with Crippen LogP contribution in [0.25, 0.3) is 5.52 Å². The standard InChI is InChI=1S/C16H13FN6S/c1-10-8-14(21-20-10)18-15-13-6-3-7-23(13)22-16(19-15)24-12-5-2-4-11(17)9-12/h2-9H,1H3,(H2,18,19,20,21,22). The Hall–Kier alpha value is -2.87. The Morgan fingerprint density at radius 2 is 2.12 bits per heavy atom. The molecular weight excluding hydrogens is 327 g/mol. The fraction of sp³-hybridized carbons (Fsp3) is 0.0625. The van der Waals surface area contributed by atoms with Crippen molar-refractivity contribution < 1.29 is 4.39 Å². The fourth-order valence-electron chi connectivity index (χ4n) is 2.29. The predicted molar refractivity (Wildman–Crippen MR) is 90.1 cm³/mol. The van der Waals surface area contributed by atoms with Crippen LogP contribution in [0.4, 0.5) is 16.0 Å². The third-order valence-electron chi connectivity index (χ3n) is 3.33. The van der Waals surface area contributed by atoms with E-state index < -0.39 is 0 Å². The number of halogens is 1. The van der Waals surface area contributed by atoms with Crippen molar-refractivity contribution in [1.82, 2.24) is 24.8 Å². The van der Waals surface area contributed by atoms with Crippen LogP contribution < -0.4 is 5.32 Å². The highest BCUT2D eigenvalue weighted by atomic mass is 32.2. The number of anilines is 2. The summed E-state index contributed by atoms with van der Waals surface area (Å²) >= 11 is 1.30. The van der Waals surface area contributed by atoms with Gasteiger partial charge >= 0.3 is 0 Å². The molecule has 6 nitrogen and oxygen atoms in total. The van der Waals surface area contributed by atoms with Crippen molar-refractivity contribution in [3.05, 3.63) is 60.2 Å². The van der Waals surface area contributed by atoms with Gasteiger partial charge < -0.3 is 5.32 Å². The molecule has 120 valence electrons. The van der Waals surface area contributed by atoms with Gasteiger partial charge in [0.15, 0.2) is 11.6 Å². The number of hydrogen-bond donors (Lipinski definition) is 2. The van der Waals surface area contributed by atoms with E-state index in [4.69, 9.17) is 0 Å². The second kappa shape index (κ2) is 5.97. The van der Waals surface area contributed by atoms with Gasteiger partial charge in [0.25, 0.3) is 0 Å². The van der Waals surface area contributed by atoms with Crippen molar-refractivity contribution in [2.75, 3.05) is 5.32 Å². The number of aromatic nitrogens is 5. The maximum absolute atomic E-state index is 13.4. The van der Waals surface area contributed by atoms with Gasteiger partial charge in [-0.2, -0.15) is 5.10 Å². The Bertz CT molecular complexity index is 1010. The van der Waals surface area contributed by atoms with E-state index in [1.165, 1.54) is 23.9 Å². The number of rotatable bonds is 4. The first kappa shape index (κ1) is 14.7. The van der Waals surface area contributed by atoms with Gasteiger partial charge in [0.1, 0.15) is 11.3 Å². The molecule has 0 amide bonds. The molecule has 0 saturated carbocycles. The zero-order valence-electron chi connectivity index (χ0n) is 12.7. The molecule has 0 aliphatic heterocycles. The molecule has 1 aromatic carbocycles. The van der Waals surface area contributed by atoms with Crippen LogP contribution in [0.3, 0.4) is 0 Å². The molecular formula is C16H13FN6S. The van der Waals surface area contributed by atoms with E-state index in [0.29, 0.717) is 16.8 Å². The van der Waals surface area contributed by atoms with E-state index in [1.54, 1.807) is 10.6 Å². The predicted octanol–water partition coefficient (Wildman–Crippen LogP) is 3.79. The molecule has 0 radical (unpaired) electrons. The smallest absolute Gasteiger partial charge is 0.214 e. The van der Waals surface area contributed by atoms with Gasteiger partial charge in [-0.25, -0.2) is 13.9 Å². The topological polar surface area (TPSA) is 70.9 Å². The van der Waals surface area contributed by atoms with Gasteiger partial charge in [0.05, 0.1) is 0 Å². The Labute approximate surface area is 141 Å². The summed E-state index contributed by atoms with van der Waals surface area (Å²) in [5.41, 5.74) is 1.78. The zero-order chi connectivity index (χ0) is 16.5. The lowest BCUT2D eigenvalue weighted by molar-refractivity contribution is 0.624. The number of nitrogens with one attached hydrogen (secondary N) is 2. The Balaban J connectivity index is 1.71. The molecule has 2 N–H and O–H groups in total. The Morgan fingerprint density at radius 1 is 1.21 bits per heavy atom. The second-order valence-corrected chi connectivity index (χ2v) is 6.24. The van der Waals surface area contributed by atoms with Gasteiger partial charge in [-0.3, -0.25) is 5.10 Å². The van der Waals surface area contributed by atoms with Crippen LogP contribution in [-0.4, -0.2) is 24.8 Å². The van der Waals surface area contributed by atoms with Gasteiger partial charge in [0, 0.05) is 22.9 Å². The van der Waals surface area contributed by atoms with E-state index in [1.807, 2.05) is 37.4 Å². The lowest BCUT2D eigenvalue weighted by atomic mass is 10.4. The van der Waals surface area contributed by atoms with Crippen molar-refractivity contribution in [2.45, 2.75) is 17.0 Å². The maximum Gasteiger partial charge on any atom is 0.214 e. The summed E-state index contributed by atoms with van der Waals surface area (Å²) in [7, 11) is 0. The van der Waals surface area contributed by atoms with Crippen LogP contribution in [0.5, 0.6) is 0 Å². The van der Waals surface area contributed by atoms with Gasteiger partial charge in [-0.15, -0.1) is 5.10 Å². The van der Waals surface area contributed by atoms with Gasteiger partial charge in [-0.1, -0.05) is 6.07 Å². The Morgan fingerprint density at radius 3 is 2.92 bits per heavy atom. The van der Waals surface area contributed by atoms with Crippen molar-refractivity contribution in [2.24, 2.45) is 0 Å². The minimum Gasteiger partial charge on any atom is -0.322 e. The molecule has 3 aromatic heterocycles. The number of aryl methyl sites for hydroxylation is 1. The highest BCUT2D eigenvalue weighted by Crippen LogP contribution is 2.28. The molecule has 0 spiro atoms. The molecule has 0 bridgehead atoms. The van der Waals surface area contributed by atoms with Gasteiger partial charge in [0.2, 0.25) is 5.16 Å². The average Bonchev–Trinajstić information content (AvgIpc) is 3.16. The summed E-state index contributed by atoms with van der Waals surface area (Å²) in [6.45, 7) is 1.93. The first-order valence-electron chi connectivity index (χ1n) is 7.25. The minimum absolute atomic E-state index is 0.285. The van der Waals surface area contributed by atoms with Crippen molar-refractivity contribution in [3.8, 4) is 0 Å². The average molecular weight is 340 g/mol. The molecule has 4 aromatic rings. The lowest BCUT2D eigenvalue weighted by Crippen LogP contribution is -2.02. The summed E-state index contributed by atoms with van der Waals surface area (Å²) in [4.78, 5) is 5.29. The molecule has 3 heterocycles. The number of benzene rings is 1. The van der Waals surface area contributed by atoms with E-state index in [9.17, 15) is 4.39 Å². The number of nitrogens with zero attached hydrogens (tertiary/aromatic N) is 4. The van der Waals surface area contributed by atoms with E-state index >= 15 is 0 Å². The summed E-state index contributed by atoms with van der Waals surface area (Å²) in [5.74, 6) is 1.03. The van der Waals surface area contributed by atoms with Crippen LogP contribution in [0.1, 0.15) is 5.69 Å². The third kappa shape index (κ3) is 2.95. The number of aromatic amines is 1. The molecule has 0 unspecified atom stereocenters. The number of H-pyrrole nitrogens is 1. The summed E-state index contributed by atoms with van der Waals surface area (Å²) < 4.78 is 15.1. The highest BCUT2D eigenvalue weighted by Gasteiger charge is 2.11. The summed E-state index contributed by atoms with van der Waals surface area (Å²) in [5, 5.41) is 15.2. The molecule has 8 heteroatoms. The molecule has 0 aliphatic carbocycles. The quantitative estimate of drug-likeness (QED) is 0.591. The normalized spacial score (nSPS) is 11.1. The lowest BCUT2D eigenvalue weighted by Gasteiger charge is -2.07. The monoisotopic (exact) mass is 340 g/mol. The molecule has 0 atom stereocenters. The molecule has 0 saturated heterocycles. The fourth-order valence-corrected chi connectivity index (χ4v) is 3.08. The molecule has 4 rings (SSSR count). The number of hydrogen-bond acceptors (Lipinski definition) is 5. The first-order valence-corrected chi connectivity index (χ1v) is 8.07. The summed E-state index contributed by atoms with van der Waals surface area (Å²) in [6.07, 6.45) is 1.84. The van der Waals surface area contributed by atoms with Crippen LogP contribution in [0.15, 0.2) is 58.7 Å². The molecule has 24 heavy (non-hydrogen) atoms. The van der Waals surface area contributed by atoms with Crippen molar-refractivity contribution in [1.29, 1.82) is 0 Å². The van der Waals surface area contributed by atoms with E-state index in [0.717, 1.165) is 16.1 Å². The minimum atomic E-state index is -0.285. The van der Waals surface area contributed by atoms with Crippen LogP contribution >= 0.6 is 11.8 Å². The maximum atomic E-state index is 13.4. The summed E-state index contributed by atoms with van der Waals surface area (Å²) in [6, 6.07) is 12.0. The second-order valence-electron chi connectivity index (χ2n) is 5.20. The SMILES string of the molecule is Cc1cc(Nc2nc(Sc3cccc(F)c3)nn3cccc23)n[nH]1. The van der Waals surface area contributed by atoms with E-state index in [2.05, 4.69) is 25.6 Å². The van der Waals surface area contributed by atoms with Crippen molar-refractivity contribution >= 4 is 28.9 Å². The van der Waals surface area contributed by atoms with Crippen molar-refractivity contribution in [3.63, 3.8) is 0 Å². The highest BCUT2D eigenvalue weighted by molar-refractivity contribution is 7.99. The largest absolute Gasteiger partial charge is 0.322 e. The number of fused-ring (bicyclic) bond motifs is 1. The van der Waals surface area contributed by atoms with E-state index in [-0.39, 0.29) is 5.82 Å². The first-order chi connectivity index (χ1) is 11.7. The Kier molecular flexibility index (Phi) is 3.66. The van der Waals surface area contributed by atoms with Crippen LogP contribution in [-0.2, 0) is 0 Å². The third-order valence-corrected chi connectivity index (χ3v) is 4.17. The molecule has 0 aliphatic rings. The zero-order valence-corrected chi connectivity index (χ0v) is 13.5.